The number of sulfonamides is 1. The highest BCUT2D eigenvalue weighted by Gasteiger charge is 2.41. The molecule has 8 nitrogen and oxygen atoms in total. The Labute approximate surface area is 169 Å². The van der Waals surface area contributed by atoms with Crippen molar-refractivity contribution in [2.75, 3.05) is 17.6 Å². The normalized spacial score (nSPS) is 23.7. The molecule has 5 rings (SSSR count). The number of hydrogen-bond donors (Lipinski definition) is 1. The zero-order valence-corrected chi connectivity index (χ0v) is 17.1. The van der Waals surface area contributed by atoms with Gasteiger partial charge in [-0.25, -0.2) is 8.42 Å². The van der Waals surface area contributed by atoms with E-state index in [4.69, 9.17) is 9.26 Å². The van der Waals surface area contributed by atoms with E-state index in [0.717, 1.165) is 18.4 Å². The Balaban J connectivity index is 1.40. The van der Waals surface area contributed by atoms with Crippen LogP contribution in [0.5, 0.6) is 5.75 Å². The first-order chi connectivity index (χ1) is 14.0. The predicted octanol–water partition coefficient (Wildman–Crippen LogP) is 3.26. The Morgan fingerprint density at radius 1 is 1.31 bits per heavy atom. The van der Waals surface area contributed by atoms with Gasteiger partial charge in [0.2, 0.25) is 10.0 Å². The SMILES string of the molecule is COc1cc(Cn2cccn2)cc2onc(NS(=O)(=O)CC3CC4CCC3C4)c12. The van der Waals surface area contributed by atoms with Crippen LogP contribution < -0.4 is 9.46 Å². The number of aromatic nitrogens is 3. The summed E-state index contributed by atoms with van der Waals surface area (Å²) >= 11 is 0. The van der Waals surface area contributed by atoms with Crippen molar-refractivity contribution in [3.63, 3.8) is 0 Å². The van der Waals surface area contributed by atoms with Gasteiger partial charge in [0.25, 0.3) is 0 Å². The van der Waals surface area contributed by atoms with E-state index in [2.05, 4.69) is 15.0 Å². The van der Waals surface area contributed by atoms with E-state index in [0.29, 0.717) is 35.1 Å². The second kappa shape index (κ2) is 7.05. The molecule has 3 aromatic rings. The summed E-state index contributed by atoms with van der Waals surface area (Å²) in [5.74, 6) is 2.34. The molecule has 0 spiro atoms. The van der Waals surface area contributed by atoms with E-state index >= 15 is 0 Å². The number of benzene rings is 1. The predicted molar refractivity (Wildman–Crippen MR) is 108 cm³/mol. The van der Waals surface area contributed by atoms with Crippen LogP contribution in [0.1, 0.15) is 31.2 Å². The Morgan fingerprint density at radius 3 is 2.90 bits per heavy atom. The quantitative estimate of drug-likeness (QED) is 0.635. The standard InChI is InChI=1S/C20H24N4O4S/c1-27-17-9-14(11-24-6-2-5-21-24)10-18-19(17)20(22-28-18)23-29(25,26)12-16-8-13-3-4-15(16)7-13/h2,5-6,9-10,13,15-16H,3-4,7-8,11-12H2,1H3,(H,22,23). The van der Waals surface area contributed by atoms with Crippen LogP contribution in [-0.2, 0) is 16.6 Å². The lowest BCUT2D eigenvalue weighted by Gasteiger charge is -2.21. The summed E-state index contributed by atoms with van der Waals surface area (Å²) in [6, 6.07) is 5.54. The molecule has 2 aliphatic carbocycles. The van der Waals surface area contributed by atoms with Gasteiger partial charge < -0.3 is 9.26 Å². The van der Waals surface area contributed by atoms with Gasteiger partial charge in [0.05, 0.1) is 19.4 Å². The van der Waals surface area contributed by atoms with Crippen LogP contribution in [0.25, 0.3) is 11.0 Å². The molecule has 9 heteroatoms. The summed E-state index contributed by atoms with van der Waals surface area (Å²) in [4.78, 5) is 0. The number of nitrogens with one attached hydrogen (secondary N) is 1. The van der Waals surface area contributed by atoms with Gasteiger partial charge in [-0.15, -0.1) is 0 Å². The molecule has 29 heavy (non-hydrogen) atoms. The van der Waals surface area contributed by atoms with Gasteiger partial charge in [0, 0.05) is 12.4 Å². The highest BCUT2D eigenvalue weighted by Crippen LogP contribution is 2.48. The second-order valence-corrected chi connectivity index (χ2v) is 9.99. The van der Waals surface area contributed by atoms with Crippen LogP contribution in [0, 0.1) is 17.8 Å². The van der Waals surface area contributed by atoms with E-state index in [1.807, 2.05) is 24.4 Å². The maximum Gasteiger partial charge on any atom is 0.234 e. The van der Waals surface area contributed by atoms with Crippen LogP contribution >= 0.6 is 0 Å². The van der Waals surface area contributed by atoms with Crippen LogP contribution in [0.4, 0.5) is 5.82 Å². The molecule has 1 aromatic carbocycles. The van der Waals surface area contributed by atoms with Crippen LogP contribution in [0.3, 0.4) is 0 Å². The Kier molecular flexibility index (Phi) is 4.49. The number of hydrogen-bond acceptors (Lipinski definition) is 6. The lowest BCUT2D eigenvalue weighted by atomic mass is 9.90. The van der Waals surface area contributed by atoms with Crippen molar-refractivity contribution in [2.45, 2.75) is 32.2 Å². The van der Waals surface area contributed by atoms with Crippen molar-refractivity contribution < 1.29 is 17.7 Å². The highest BCUT2D eigenvalue weighted by molar-refractivity contribution is 7.92. The third-order valence-corrected chi connectivity index (χ3v) is 7.66. The van der Waals surface area contributed by atoms with Crippen LogP contribution in [0.2, 0.25) is 0 Å². The largest absolute Gasteiger partial charge is 0.496 e. The molecule has 3 atom stereocenters. The zero-order valence-electron chi connectivity index (χ0n) is 16.2. The number of anilines is 1. The molecule has 2 aliphatic rings. The van der Waals surface area contributed by atoms with E-state index in [-0.39, 0.29) is 17.5 Å². The van der Waals surface area contributed by atoms with Crippen molar-refractivity contribution in [3.05, 3.63) is 36.2 Å². The molecular formula is C20H24N4O4S. The minimum absolute atomic E-state index is 0.141. The molecule has 0 aliphatic heterocycles. The molecule has 0 amide bonds. The lowest BCUT2D eigenvalue weighted by Crippen LogP contribution is -2.26. The second-order valence-electron chi connectivity index (χ2n) is 8.22. The first-order valence-electron chi connectivity index (χ1n) is 9.95. The molecule has 2 heterocycles. The van der Waals surface area contributed by atoms with E-state index in [1.54, 1.807) is 18.0 Å². The summed E-state index contributed by atoms with van der Waals surface area (Å²) in [5, 5.41) is 8.72. The molecule has 3 unspecified atom stereocenters. The summed E-state index contributed by atoms with van der Waals surface area (Å²) < 4.78 is 41.0. The smallest absolute Gasteiger partial charge is 0.234 e. The van der Waals surface area contributed by atoms with E-state index in [9.17, 15) is 8.42 Å². The minimum atomic E-state index is -3.52. The Morgan fingerprint density at radius 2 is 2.21 bits per heavy atom. The highest BCUT2D eigenvalue weighted by atomic mass is 32.2. The van der Waals surface area contributed by atoms with E-state index in [1.165, 1.54) is 12.8 Å². The summed E-state index contributed by atoms with van der Waals surface area (Å²) in [5.41, 5.74) is 1.40. The molecule has 2 bridgehead atoms. The van der Waals surface area contributed by atoms with Gasteiger partial charge in [-0.2, -0.15) is 5.10 Å². The third-order valence-electron chi connectivity index (χ3n) is 6.29. The fraction of sp³-hybridized carbons (Fsp3) is 0.500. The average Bonchev–Trinajstić information content (AvgIpc) is 3.46. The Hall–Kier alpha value is -2.55. The molecule has 2 fully saturated rings. The number of ether oxygens (including phenoxy) is 1. The van der Waals surface area contributed by atoms with Crippen molar-refractivity contribution in [2.24, 2.45) is 17.8 Å². The minimum Gasteiger partial charge on any atom is -0.496 e. The fourth-order valence-corrected chi connectivity index (χ4v) is 6.53. The fourth-order valence-electron chi connectivity index (χ4n) is 5.04. The van der Waals surface area contributed by atoms with Crippen molar-refractivity contribution in [1.29, 1.82) is 0 Å². The van der Waals surface area contributed by atoms with Gasteiger partial charge in [0.1, 0.15) is 11.1 Å². The topological polar surface area (TPSA) is 99.2 Å². The summed E-state index contributed by atoms with van der Waals surface area (Å²) in [7, 11) is -1.97. The number of methoxy groups -OCH3 is 1. The maximum absolute atomic E-state index is 12.8. The summed E-state index contributed by atoms with van der Waals surface area (Å²) in [6.45, 7) is 0.547. The van der Waals surface area contributed by atoms with Gasteiger partial charge in [0.15, 0.2) is 11.4 Å². The number of nitrogens with zero attached hydrogens (tertiary/aromatic N) is 3. The monoisotopic (exact) mass is 416 g/mol. The lowest BCUT2D eigenvalue weighted by molar-refractivity contribution is 0.360. The van der Waals surface area contributed by atoms with Crippen molar-refractivity contribution in [3.8, 4) is 5.75 Å². The van der Waals surface area contributed by atoms with Crippen molar-refractivity contribution >= 4 is 26.8 Å². The Bertz CT molecular complexity index is 1120. The maximum atomic E-state index is 12.8. The molecular weight excluding hydrogens is 392 g/mol. The number of fused-ring (bicyclic) bond motifs is 3. The van der Waals surface area contributed by atoms with Gasteiger partial charge >= 0.3 is 0 Å². The first-order valence-corrected chi connectivity index (χ1v) is 11.6. The van der Waals surface area contributed by atoms with Gasteiger partial charge in [-0.05, 0) is 60.8 Å². The van der Waals surface area contributed by atoms with Gasteiger partial charge in [-0.3, -0.25) is 9.40 Å². The molecule has 2 saturated carbocycles. The summed E-state index contributed by atoms with van der Waals surface area (Å²) in [6.07, 6.45) is 8.19. The average molecular weight is 417 g/mol. The molecule has 1 N–H and O–H groups in total. The third kappa shape index (κ3) is 3.59. The van der Waals surface area contributed by atoms with Crippen LogP contribution in [0.15, 0.2) is 35.1 Å². The molecule has 0 radical (unpaired) electrons. The molecule has 0 saturated heterocycles. The molecule has 2 aromatic heterocycles. The van der Waals surface area contributed by atoms with Crippen LogP contribution in [-0.4, -0.2) is 36.2 Å². The number of rotatable bonds is 7. The molecule has 154 valence electrons. The van der Waals surface area contributed by atoms with Gasteiger partial charge in [-0.1, -0.05) is 11.6 Å². The zero-order chi connectivity index (χ0) is 20.0. The van der Waals surface area contributed by atoms with Crippen molar-refractivity contribution in [1.82, 2.24) is 14.9 Å². The first kappa shape index (κ1) is 18.5. The van der Waals surface area contributed by atoms with E-state index < -0.39 is 10.0 Å².